The molecule has 5 heteroatoms. The molecule has 0 fully saturated rings. The fourth-order valence-corrected chi connectivity index (χ4v) is 2.88. The highest BCUT2D eigenvalue weighted by atomic mass is 19.3. The molecule has 108 valence electrons. The molecule has 1 unspecified atom stereocenters. The molecule has 1 aliphatic rings. The number of nitrogens with two attached hydrogens (primary N) is 1. The normalized spacial score (nSPS) is 20.0. The standard InChI is InChI=1S/C16H13F2NO2/c1-15(17,18)16(21)12-5-3-2-4-10(12)11-7-6-9(14(19)20)8-13(11)16/h2-8,21H,1H3,(H2,19,20). The Morgan fingerprint density at radius 1 is 1.14 bits per heavy atom. The minimum absolute atomic E-state index is 0.00694. The zero-order chi connectivity index (χ0) is 15.4. The molecular formula is C16H13F2NO2. The smallest absolute Gasteiger partial charge is 0.281 e. The Kier molecular flexibility index (Phi) is 2.68. The molecular weight excluding hydrogens is 276 g/mol. The van der Waals surface area contributed by atoms with Crippen LogP contribution < -0.4 is 5.73 Å². The number of hydrogen-bond acceptors (Lipinski definition) is 2. The molecule has 3 rings (SSSR count). The van der Waals surface area contributed by atoms with Crippen LogP contribution in [0.1, 0.15) is 28.4 Å². The van der Waals surface area contributed by atoms with Crippen LogP contribution in [0.2, 0.25) is 0 Å². The van der Waals surface area contributed by atoms with Crippen molar-refractivity contribution in [2.45, 2.75) is 18.4 Å². The molecule has 1 amide bonds. The summed E-state index contributed by atoms with van der Waals surface area (Å²) in [5.41, 5.74) is 3.98. The van der Waals surface area contributed by atoms with Crippen molar-refractivity contribution in [1.29, 1.82) is 0 Å². The van der Waals surface area contributed by atoms with Crippen LogP contribution in [0.5, 0.6) is 0 Å². The summed E-state index contributed by atoms with van der Waals surface area (Å²) in [7, 11) is 0. The summed E-state index contributed by atoms with van der Waals surface area (Å²) in [6.07, 6.45) is 0. The summed E-state index contributed by atoms with van der Waals surface area (Å²) in [6, 6.07) is 10.7. The second kappa shape index (κ2) is 4.11. The number of alkyl halides is 2. The number of fused-ring (bicyclic) bond motifs is 3. The number of aliphatic hydroxyl groups is 1. The number of carbonyl (C=O) groups excluding carboxylic acids is 1. The number of amides is 1. The average molecular weight is 289 g/mol. The van der Waals surface area contributed by atoms with Crippen LogP contribution in [0, 0.1) is 0 Å². The van der Waals surface area contributed by atoms with Crippen LogP contribution in [0.25, 0.3) is 11.1 Å². The molecule has 2 aromatic rings. The number of carbonyl (C=O) groups is 1. The quantitative estimate of drug-likeness (QED) is 0.892. The van der Waals surface area contributed by atoms with Gasteiger partial charge < -0.3 is 10.8 Å². The monoisotopic (exact) mass is 289 g/mol. The minimum atomic E-state index is -3.41. The van der Waals surface area contributed by atoms with Crippen molar-refractivity contribution >= 4 is 5.91 Å². The molecule has 0 heterocycles. The summed E-state index contributed by atoms with van der Waals surface area (Å²) < 4.78 is 28.3. The topological polar surface area (TPSA) is 63.3 Å². The van der Waals surface area contributed by atoms with Gasteiger partial charge in [0.05, 0.1) is 0 Å². The Bertz CT molecular complexity index is 752. The largest absolute Gasteiger partial charge is 0.374 e. The van der Waals surface area contributed by atoms with Gasteiger partial charge in [-0.25, -0.2) is 8.78 Å². The van der Waals surface area contributed by atoms with Gasteiger partial charge in [0.1, 0.15) is 0 Å². The zero-order valence-corrected chi connectivity index (χ0v) is 11.2. The summed E-state index contributed by atoms with van der Waals surface area (Å²) in [5, 5.41) is 10.7. The Morgan fingerprint density at radius 3 is 2.38 bits per heavy atom. The van der Waals surface area contributed by atoms with Crippen LogP contribution in [-0.4, -0.2) is 16.9 Å². The molecule has 0 radical (unpaired) electrons. The summed E-state index contributed by atoms with van der Waals surface area (Å²) in [6.45, 7) is 0.663. The molecule has 1 aliphatic carbocycles. The molecule has 2 aromatic carbocycles. The van der Waals surface area contributed by atoms with Crippen molar-refractivity contribution < 1.29 is 18.7 Å². The van der Waals surface area contributed by atoms with Crippen molar-refractivity contribution in [2.75, 3.05) is 0 Å². The first-order valence-corrected chi connectivity index (χ1v) is 6.41. The van der Waals surface area contributed by atoms with Gasteiger partial charge >= 0.3 is 0 Å². The van der Waals surface area contributed by atoms with Crippen molar-refractivity contribution in [2.24, 2.45) is 5.73 Å². The van der Waals surface area contributed by atoms with Gasteiger partial charge in [-0.3, -0.25) is 4.79 Å². The van der Waals surface area contributed by atoms with Crippen LogP contribution >= 0.6 is 0 Å². The van der Waals surface area contributed by atoms with E-state index in [1.165, 1.54) is 24.3 Å². The van der Waals surface area contributed by atoms with Crippen molar-refractivity contribution in [3.8, 4) is 11.1 Å². The maximum atomic E-state index is 14.1. The minimum Gasteiger partial charge on any atom is -0.374 e. The van der Waals surface area contributed by atoms with Crippen LogP contribution in [0.4, 0.5) is 8.78 Å². The first-order chi connectivity index (χ1) is 9.76. The molecule has 0 saturated heterocycles. The molecule has 0 aromatic heterocycles. The zero-order valence-electron chi connectivity index (χ0n) is 11.2. The number of halogens is 2. The highest BCUT2D eigenvalue weighted by Gasteiger charge is 2.56. The molecule has 3 nitrogen and oxygen atoms in total. The molecule has 3 N–H and O–H groups in total. The van der Waals surface area contributed by atoms with Crippen LogP contribution in [0.15, 0.2) is 42.5 Å². The van der Waals surface area contributed by atoms with Crippen LogP contribution in [0.3, 0.4) is 0 Å². The third kappa shape index (κ3) is 1.70. The van der Waals surface area contributed by atoms with Gasteiger partial charge in [0.15, 0.2) is 5.60 Å². The van der Waals surface area contributed by atoms with Crippen molar-refractivity contribution in [3.63, 3.8) is 0 Å². The fourth-order valence-electron chi connectivity index (χ4n) is 2.88. The molecule has 0 aliphatic heterocycles. The summed E-state index contributed by atoms with van der Waals surface area (Å²) in [5.74, 6) is -4.14. The maximum Gasteiger partial charge on any atom is 0.281 e. The average Bonchev–Trinajstić information content (AvgIpc) is 2.70. The number of benzene rings is 2. The van der Waals surface area contributed by atoms with Crippen molar-refractivity contribution in [3.05, 3.63) is 59.2 Å². The van der Waals surface area contributed by atoms with Gasteiger partial charge in [0, 0.05) is 23.6 Å². The van der Waals surface area contributed by atoms with Gasteiger partial charge in [0.25, 0.3) is 5.92 Å². The third-order valence-electron chi connectivity index (χ3n) is 3.94. The van der Waals surface area contributed by atoms with E-state index in [1.54, 1.807) is 18.2 Å². The molecule has 0 bridgehead atoms. The SMILES string of the molecule is CC(F)(F)C1(O)c2ccccc2-c2ccc(C(N)=O)cc21. The maximum absolute atomic E-state index is 14.1. The lowest BCUT2D eigenvalue weighted by Gasteiger charge is -2.32. The van der Waals surface area contributed by atoms with Crippen molar-refractivity contribution in [1.82, 2.24) is 0 Å². The number of rotatable bonds is 2. The Morgan fingerprint density at radius 2 is 1.76 bits per heavy atom. The van der Waals surface area contributed by atoms with E-state index in [1.807, 2.05) is 0 Å². The first-order valence-electron chi connectivity index (χ1n) is 6.41. The van der Waals surface area contributed by atoms with E-state index in [9.17, 15) is 18.7 Å². The van der Waals surface area contributed by atoms with Gasteiger partial charge in [-0.15, -0.1) is 0 Å². The van der Waals surface area contributed by atoms with Crippen LogP contribution in [-0.2, 0) is 5.60 Å². The highest BCUT2D eigenvalue weighted by Crippen LogP contribution is 2.54. The Labute approximate surface area is 120 Å². The van der Waals surface area contributed by atoms with E-state index in [4.69, 9.17) is 5.73 Å². The highest BCUT2D eigenvalue weighted by molar-refractivity contribution is 5.95. The van der Waals surface area contributed by atoms with E-state index in [0.717, 1.165) is 0 Å². The summed E-state index contributed by atoms with van der Waals surface area (Å²) >= 11 is 0. The summed E-state index contributed by atoms with van der Waals surface area (Å²) in [4.78, 5) is 11.3. The van der Waals surface area contributed by atoms with Gasteiger partial charge in [0.2, 0.25) is 5.91 Å². The second-order valence-corrected chi connectivity index (χ2v) is 5.27. The lowest BCUT2D eigenvalue weighted by atomic mass is 9.85. The fraction of sp³-hybridized carbons (Fsp3) is 0.188. The predicted molar refractivity (Wildman–Crippen MR) is 74.0 cm³/mol. The molecule has 0 saturated carbocycles. The molecule has 21 heavy (non-hydrogen) atoms. The first kappa shape index (κ1) is 13.7. The van der Waals surface area contributed by atoms with Gasteiger partial charge in [-0.1, -0.05) is 30.3 Å². The van der Waals surface area contributed by atoms with E-state index in [0.29, 0.717) is 18.1 Å². The number of hydrogen-bond donors (Lipinski definition) is 2. The van der Waals surface area contributed by atoms with E-state index in [-0.39, 0.29) is 16.7 Å². The van der Waals surface area contributed by atoms with Gasteiger partial charge in [-0.2, -0.15) is 0 Å². The van der Waals surface area contributed by atoms with E-state index < -0.39 is 17.4 Å². The van der Waals surface area contributed by atoms with Gasteiger partial charge in [-0.05, 0) is 23.3 Å². The number of primary amides is 1. The second-order valence-electron chi connectivity index (χ2n) is 5.27. The molecule has 0 spiro atoms. The lowest BCUT2D eigenvalue weighted by Crippen LogP contribution is -2.42. The van der Waals surface area contributed by atoms with E-state index in [2.05, 4.69) is 0 Å². The third-order valence-corrected chi connectivity index (χ3v) is 3.94. The Balaban J connectivity index is 2.38. The van der Waals surface area contributed by atoms with E-state index >= 15 is 0 Å². The lowest BCUT2D eigenvalue weighted by molar-refractivity contribution is -0.148. The molecule has 1 atom stereocenters. The predicted octanol–water partition coefficient (Wildman–Crippen LogP) is 2.66. The Hall–Kier alpha value is -2.27.